The minimum atomic E-state index is -0.0414. The first-order valence-electron chi connectivity index (χ1n) is 20.1. The molecule has 0 N–H and O–H groups in total. The molecule has 11 aromatic carbocycles. The predicted octanol–water partition coefficient (Wildman–Crippen LogP) is 15.9. The quantitative estimate of drug-likeness (QED) is 0.159. The van der Waals surface area contributed by atoms with Gasteiger partial charge in [0.15, 0.2) is 0 Å². The summed E-state index contributed by atoms with van der Waals surface area (Å²) in [7, 11) is 0. The van der Waals surface area contributed by atoms with Crippen LogP contribution in [0.3, 0.4) is 0 Å². The monoisotopic (exact) mass is 722 g/mol. The highest BCUT2D eigenvalue weighted by Crippen LogP contribution is 2.51. The van der Waals surface area contributed by atoms with Gasteiger partial charge in [0.2, 0.25) is 0 Å². The Labute approximate surface area is 332 Å². The molecule has 12 rings (SSSR count). The Kier molecular flexibility index (Phi) is 6.78. The topological polar surface area (TPSA) is 0 Å². The Morgan fingerprint density at radius 2 is 0.684 bits per heavy atom. The van der Waals surface area contributed by atoms with E-state index in [1.54, 1.807) is 0 Å². The first kappa shape index (κ1) is 32.2. The molecule has 57 heavy (non-hydrogen) atoms. The van der Waals surface area contributed by atoms with Crippen molar-refractivity contribution in [1.82, 2.24) is 0 Å². The van der Waals surface area contributed by atoms with E-state index in [1.165, 1.54) is 120 Å². The van der Waals surface area contributed by atoms with Crippen molar-refractivity contribution in [2.24, 2.45) is 0 Å². The summed E-state index contributed by atoms with van der Waals surface area (Å²) in [5.74, 6) is 0. The average molecular weight is 723 g/mol. The summed E-state index contributed by atoms with van der Waals surface area (Å²) in [6, 6.07) is 72.6. The molecule has 0 heteroatoms. The number of fused-ring (bicyclic) bond motifs is 14. The summed E-state index contributed by atoms with van der Waals surface area (Å²) < 4.78 is 0. The number of hydrogen-bond donors (Lipinski definition) is 0. The van der Waals surface area contributed by atoms with E-state index in [4.69, 9.17) is 0 Å². The zero-order chi connectivity index (χ0) is 37.8. The summed E-state index contributed by atoms with van der Waals surface area (Å²) >= 11 is 0. The van der Waals surface area contributed by atoms with E-state index >= 15 is 0 Å². The van der Waals surface area contributed by atoms with Gasteiger partial charge in [-0.15, -0.1) is 0 Å². The summed E-state index contributed by atoms with van der Waals surface area (Å²) in [6.07, 6.45) is 0. The fraction of sp³-hybridized carbons (Fsp3) is 0.0526. The molecule has 0 radical (unpaired) electrons. The van der Waals surface area contributed by atoms with E-state index in [9.17, 15) is 0 Å². The van der Waals surface area contributed by atoms with Gasteiger partial charge in [-0.25, -0.2) is 0 Å². The zero-order valence-corrected chi connectivity index (χ0v) is 32.0. The molecule has 0 unspecified atom stereocenters. The van der Waals surface area contributed by atoms with E-state index < -0.39 is 0 Å². The first-order valence-corrected chi connectivity index (χ1v) is 20.1. The third-order valence-electron chi connectivity index (χ3n) is 13.1. The maximum Gasteiger partial charge on any atom is 0.0159 e. The fourth-order valence-electron chi connectivity index (χ4n) is 10.1. The zero-order valence-electron chi connectivity index (χ0n) is 32.0. The Morgan fingerprint density at radius 1 is 0.246 bits per heavy atom. The standard InChI is InChI=1S/C57H38/c1-57(2)55-18-10-9-17-48(55)54-33-52-45-16-8-7-15-44(45)50-31-40(28-30-47(50)53(52)34-56(54)57)37-21-19-35(20-22-37)36-23-25-39(26-24-36)49-32-51-41-12-4-3-11-38(41)27-29-46(51)42-13-5-6-14-43(42)49/h3-34H,1-2H3. The van der Waals surface area contributed by atoms with Crippen molar-refractivity contribution < 1.29 is 0 Å². The molecule has 0 saturated heterocycles. The lowest BCUT2D eigenvalue weighted by molar-refractivity contribution is 0.661. The lowest BCUT2D eigenvalue weighted by Gasteiger charge is -2.22. The summed E-state index contributed by atoms with van der Waals surface area (Å²) in [6.45, 7) is 4.74. The van der Waals surface area contributed by atoms with Crippen LogP contribution < -0.4 is 0 Å². The minimum Gasteiger partial charge on any atom is -0.0619 e. The molecule has 1 aliphatic rings. The highest BCUT2D eigenvalue weighted by molar-refractivity contribution is 6.27. The molecule has 0 bridgehead atoms. The number of rotatable bonds is 3. The van der Waals surface area contributed by atoms with Crippen LogP contribution in [0.2, 0.25) is 0 Å². The minimum absolute atomic E-state index is 0.0414. The number of hydrogen-bond acceptors (Lipinski definition) is 0. The molecule has 0 fully saturated rings. The van der Waals surface area contributed by atoms with Crippen LogP contribution in [0.4, 0.5) is 0 Å². The van der Waals surface area contributed by atoms with Crippen molar-refractivity contribution in [3.8, 4) is 44.5 Å². The summed E-state index contributed by atoms with van der Waals surface area (Å²) in [5, 5.41) is 15.6. The van der Waals surface area contributed by atoms with E-state index in [0.717, 1.165) is 0 Å². The molecule has 0 heterocycles. The van der Waals surface area contributed by atoms with Crippen molar-refractivity contribution in [3.05, 3.63) is 205 Å². The van der Waals surface area contributed by atoms with Gasteiger partial charge in [0.1, 0.15) is 0 Å². The molecular formula is C57H38. The van der Waals surface area contributed by atoms with Crippen LogP contribution in [0.15, 0.2) is 194 Å². The molecule has 0 amide bonds. The molecular weight excluding hydrogens is 685 g/mol. The molecule has 0 nitrogen and oxygen atoms in total. The summed E-state index contributed by atoms with van der Waals surface area (Å²) in [4.78, 5) is 0. The van der Waals surface area contributed by atoms with Crippen LogP contribution in [-0.4, -0.2) is 0 Å². The van der Waals surface area contributed by atoms with E-state index in [-0.39, 0.29) is 5.41 Å². The predicted molar refractivity (Wildman–Crippen MR) is 245 cm³/mol. The van der Waals surface area contributed by atoms with Gasteiger partial charge in [0.25, 0.3) is 0 Å². The molecule has 0 aliphatic heterocycles. The van der Waals surface area contributed by atoms with Crippen molar-refractivity contribution in [2.75, 3.05) is 0 Å². The van der Waals surface area contributed by atoms with Crippen LogP contribution in [0, 0.1) is 0 Å². The van der Waals surface area contributed by atoms with Gasteiger partial charge in [-0.3, -0.25) is 0 Å². The second-order valence-corrected chi connectivity index (χ2v) is 16.4. The second kappa shape index (κ2) is 12.0. The second-order valence-electron chi connectivity index (χ2n) is 16.4. The molecule has 11 aromatic rings. The van der Waals surface area contributed by atoms with E-state index in [2.05, 4.69) is 208 Å². The van der Waals surface area contributed by atoms with Gasteiger partial charge in [-0.05, 0) is 145 Å². The highest BCUT2D eigenvalue weighted by Gasteiger charge is 2.35. The van der Waals surface area contributed by atoms with Gasteiger partial charge in [-0.1, -0.05) is 184 Å². The Balaban J connectivity index is 0.921. The van der Waals surface area contributed by atoms with Crippen molar-refractivity contribution in [2.45, 2.75) is 19.3 Å². The lowest BCUT2D eigenvalue weighted by Crippen LogP contribution is -2.14. The number of benzene rings is 11. The summed E-state index contributed by atoms with van der Waals surface area (Å²) in [5.41, 5.74) is 12.9. The molecule has 0 aromatic heterocycles. The van der Waals surface area contributed by atoms with Crippen molar-refractivity contribution >= 4 is 64.6 Å². The third kappa shape index (κ3) is 4.74. The Morgan fingerprint density at radius 3 is 1.40 bits per heavy atom. The lowest BCUT2D eigenvalue weighted by atomic mass is 9.81. The van der Waals surface area contributed by atoms with Gasteiger partial charge < -0.3 is 0 Å². The maximum atomic E-state index is 2.49. The van der Waals surface area contributed by atoms with Gasteiger partial charge >= 0.3 is 0 Å². The maximum absolute atomic E-state index is 2.49. The normalized spacial score (nSPS) is 13.2. The molecule has 266 valence electrons. The molecule has 0 spiro atoms. The Hall–Kier alpha value is -7.02. The Bertz CT molecular complexity index is 3450. The van der Waals surface area contributed by atoms with Gasteiger partial charge in [0, 0.05) is 5.41 Å². The van der Waals surface area contributed by atoms with E-state index in [1.807, 2.05) is 0 Å². The average Bonchev–Trinajstić information content (AvgIpc) is 3.50. The van der Waals surface area contributed by atoms with Crippen LogP contribution in [-0.2, 0) is 5.41 Å². The van der Waals surface area contributed by atoms with Crippen LogP contribution in [0.25, 0.3) is 109 Å². The largest absolute Gasteiger partial charge is 0.0619 e. The molecule has 0 saturated carbocycles. The first-order chi connectivity index (χ1) is 28.0. The van der Waals surface area contributed by atoms with Crippen LogP contribution in [0.1, 0.15) is 25.0 Å². The van der Waals surface area contributed by atoms with E-state index in [0.29, 0.717) is 0 Å². The SMILES string of the molecule is CC1(C)c2ccccc2-c2cc3c4ccccc4c4cc(-c5ccc(-c6ccc(-c7cc8c9ccccc9ccc8c8ccccc78)cc6)cc5)ccc4c3cc21. The van der Waals surface area contributed by atoms with Crippen LogP contribution in [0.5, 0.6) is 0 Å². The van der Waals surface area contributed by atoms with Crippen LogP contribution >= 0.6 is 0 Å². The molecule has 1 aliphatic carbocycles. The third-order valence-corrected chi connectivity index (χ3v) is 13.1. The van der Waals surface area contributed by atoms with Crippen molar-refractivity contribution in [1.29, 1.82) is 0 Å². The van der Waals surface area contributed by atoms with Crippen molar-refractivity contribution in [3.63, 3.8) is 0 Å². The van der Waals surface area contributed by atoms with Gasteiger partial charge in [-0.2, -0.15) is 0 Å². The van der Waals surface area contributed by atoms with Gasteiger partial charge in [0.05, 0.1) is 0 Å². The fourth-order valence-corrected chi connectivity index (χ4v) is 10.1. The molecule has 0 atom stereocenters. The smallest absolute Gasteiger partial charge is 0.0159 e. The highest BCUT2D eigenvalue weighted by atomic mass is 14.4.